The Labute approximate surface area is 184 Å². The maximum Gasteiger partial charge on any atom is 0.243 e. The number of guanidine groups is 1. The Morgan fingerprint density at radius 2 is 2.19 bits per heavy atom. The largest absolute Gasteiger partial charge is 0.369 e. The van der Waals surface area contributed by atoms with Crippen LogP contribution in [0.5, 0.6) is 0 Å². The number of carbonyl (C=O) groups is 1. The minimum Gasteiger partial charge on any atom is -0.369 e. The molecule has 0 saturated carbocycles. The fourth-order valence-corrected chi connectivity index (χ4v) is 2.84. The highest BCUT2D eigenvalue weighted by Gasteiger charge is 2.23. The van der Waals surface area contributed by atoms with Crippen LogP contribution in [0.3, 0.4) is 0 Å². The van der Waals surface area contributed by atoms with Gasteiger partial charge in [-0.1, -0.05) is 29.8 Å². The summed E-state index contributed by atoms with van der Waals surface area (Å²) in [5, 5.41) is 7.41. The minimum atomic E-state index is -0.0339. The van der Waals surface area contributed by atoms with Crippen molar-refractivity contribution >= 4 is 53.1 Å². The summed E-state index contributed by atoms with van der Waals surface area (Å²) in [7, 11) is 3.46. The normalized spacial score (nSPS) is 16.5. The fraction of sp³-hybridized carbons (Fsp3) is 0.474. The molecule has 2 rings (SSSR count). The van der Waals surface area contributed by atoms with Crippen molar-refractivity contribution in [3.63, 3.8) is 0 Å². The lowest BCUT2D eigenvalue weighted by molar-refractivity contribution is -0.127. The van der Waals surface area contributed by atoms with Gasteiger partial charge in [0.2, 0.25) is 5.91 Å². The molecular formula is C19H29ClIN5O. The number of nitrogens with zero attached hydrogens (tertiary/aromatic N) is 3. The average Bonchev–Trinajstić information content (AvgIpc) is 3.05. The van der Waals surface area contributed by atoms with Crippen LogP contribution >= 0.6 is 35.6 Å². The number of benzene rings is 1. The lowest BCUT2D eigenvalue weighted by atomic mass is 10.2. The van der Waals surface area contributed by atoms with E-state index in [-0.39, 0.29) is 42.5 Å². The van der Waals surface area contributed by atoms with E-state index in [1.807, 2.05) is 25.1 Å². The second kappa shape index (κ2) is 11.4. The first kappa shape index (κ1) is 23.6. The monoisotopic (exact) mass is 505 g/mol. The van der Waals surface area contributed by atoms with Gasteiger partial charge in [-0.2, -0.15) is 0 Å². The number of hydrogen-bond donors (Lipinski definition) is 2. The van der Waals surface area contributed by atoms with E-state index in [4.69, 9.17) is 11.6 Å². The summed E-state index contributed by atoms with van der Waals surface area (Å²) in [5.74, 6) is 0.606. The van der Waals surface area contributed by atoms with Crippen molar-refractivity contribution in [3.05, 3.63) is 41.4 Å². The molecule has 27 heavy (non-hydrogen) atoms. The van der Waals surface area contributed by atoms with Gasteiger partial charge in [-0.25, -0.2) is 4.99 Å². The number of rotatable bonds is 6. The molecule has 1 heterocycles. The molecule has 1 saturated heterocycles. The van der Waals surface area contributed by atoms with Gasteiger partial charge in [0.15, 0.2) is 5.96 Å². The van der Waals surface area contributed by atoms with Crippen molar-refractivity contribution in [3.8, 4) is 0 Å². The van der Waals surface area contributed by atoms with Gasteiger partial charge >= 0.3 is 0 Å². The first-order valence-electron chi connectivity index (χ1n) is 8.75. The first-order chi connectivity index (χ1) is 12.3. The van der Waals surface area contributed by atoms with Gasteiger partial charge < -0.3 is 20.4 Å². The number of carbonyl (C=O) groups excluding carboxylic acids is 1. The number of nitrogens with one attached hydrogen (secondary N) is 2. The highest BCUT2D eigenvalue weighted by molar-refractivity contribution is 14.0. The van der Waals surface area contributed by atoms with Crippen LogP contribution in [-0.2, 0) is 4.79 Å². The van der Waals surface area contributed by atoms with Crippen LogP contribution < -0.4 is 15.5 Å². The molecule has 0 radical (unpaired) electrons. The minimum absolute atomic E-state index is 0. The molecule has 0 aliphatic carbocycles. The summed E-state index contributed by atoms with van der Waals surface area (Å²) in [6.45, 7) is 8.39. The molecule has 1 atom stereocenters. The van der Waals surface area contributed by atoms with E-state index in [1.165, 1.54) is 4.90 Å². The topological polar surface area (TPSA) is 60.0 Å². The summed E-state index contributed by atoms with van der Waals surface area (Å²) in [4.78, 5) is 20.1. The van der Waals surface area contributed by atoms with Crippen molar-refractivity contribution in [2.75, 3.05) is 45.2 Å². The van der Waals surface area contributed by atoms with E-state index in [0.717, 1.165) is 35.8 Å². The molecule has 8 heteroatoms. The third-order valence-electron chi connectivity index (χ3n) is 4.13. The smallest absolute Gasteiger partial charge is 0.243 e. The standard InChI is InChI=1S/C19H28ClN5O.HI/c1-14(2)11-21-19(22-12-18(26)24(3)4)23-16-8-9-25(13-16)17-7-5-6-15(20)10-17;/h5-7,10,16H,1,8-9,11-13H2,2-4H3,(H2,21,22,23);1H. The number of halogens is 2. The third-order valence-corrected chi connectivity index (χ3v) is 4.37. The number of amides is 1. The maximum absolute atomic E-state index is 11.8. The van der Waals surface area contributed by atoms with Crippen LogP contribution in [0.4, 0.5) is 5.69 Å². The average molecular weight is 506 g/mol. The van der Waals surface area contributed by atoms with E-state index < -0.39 is 0 Å². The molecule has 1 amide bonds. The molecule has 1 aliphatic rings. The molecule has 2 N–H and O–H groups in total. The SMILES string of the molecule is C=C(C)CNC(=NCC(=O)N(C)C)NC1CCN(c2cccc(Cl)c2)C1.I. The first-order valence-corrected chi connectivity index (χ1v) is 9.13. The number of aliphatic imine (C=N–C) groups is 1. The van der Waals surface area contributed by atoms with Crippen molar-refractivity contribution in [2.24, 2.45) is 4.99 Å². The fourth-order valence-electron chi connectivity index (χ4n) is 2.65. The Morgan fingerprint density at radius 1 is 1.44 bits per heavy atom. The van der Waals surface area contributed by atoms with E-state index in [1.54, 1.807) is 14.1 Å². The van der Waals surface area contributed by atoms with Crippen LogP contribution in [0.25, 0.3) is 0 Å². The zero-order valence-corrected chi connectivity index (χ0v) is 19.3. The van der Waals surface area contributed by atoms with Crippen LogP contribution in [0.2, 0.25) is 5.02 Å². The molecule has 150 valence electrons. The highest BCUT2D eigenvalue weighted by Crippen LogP contribution is 2.23. The zero-order valence-electron chi connectivity index (χ0n) is 16.2. The number of hydrogen-bond acceptors (Lipinski definition) is 3. The van der Waals surface area contributed by atoms with Crippen molar-refractivity contribution in [1.82, 2.24) is 15.5 Å². The van der Waals surface area contributed by atoms with Crippen LogP contribution in [0.1, 0.15) is 13.3 Å². The Hall–Kier alpha value is -1.48. The van der Waals surface area contributed by atoms with E-state index >= 15 is 0 Å². The van der Waals surface area contributed by atoms with Crippen molar-refractivity contribution in [2.45, 2.75) is 19.4 Å². The summed E-state index contributed by atoms with van der Waals surface area (Å²) in [6, 6.07) is 8.14. The Balaban J connectivity index is 0.00000364. The van der Waals surface area contributed by atoms with Gasteiger partial charge in [0.25, 0.3) is 0 Å². The Kier molecular flexibility index (Phi) is 9.93. The molecule has 1 aromatic carbocycles. The van der Waals surface area contributed by atoms with E-state index in [2.05, 4.69) is 33.2 Å². The predicted molar refractivity (Wildman–Crippen MR) is 124 cm³/mol. The molecule has 1 aromatic rings. The van der Waals surface area contributed by atoms with Gasteiger partial charge in [0.1, 0.15) is 6.54 Å². The summed E-state index contributed by atoms with van der Waals surface area (Å²) in [5.41, 5.74) is 2.13. The molecule has 1 unspecified atom stereocenters. The van der Waals surface area contributed by atoms with Crippen molar-refractivity contribution in [1.29, 1.82) is 0 Å². The number of likely N-dealkylation sites (N-methyl/N-ethyl adjacent to an activating group) is 1. The molecule has 0 spiro atoms. The summed E-state index contributed by atoms with van der Waals surface area (Å²) < 4.78 is 0. The predicted octanol–water partition coefficient (Wildman–Crippen LogP) is 2.74. The Bertz CT molecular complexity index is 680. The molecule has 0 bridgehead atoms. The second-order valence-corrected chi connectivity index (χ2v) is 7.26. The van der Waals surface area contributed by atoms with Crippen LogP contribution in [0, 0.1) is 0 Å². The molecule has 1 aliphatic heterocycles. The lowest BCUT2D eigenvalue weighted by Gasteiger charge is -2.21. The lowest BCUT2D eigenvalue weighted by Crippen LogP contribution is -2.45. The van der Waals surface area contributed by atoms with Gasteiger partial charge in [0.05, 0.1) is 0 Å². The molecule has 0 aromatic heterocycles. The van der Waals surface area contributed by atoms with Gasteiger partial charge in [0, 0.05) is 50.5 Å². The van der Waals surface area contributed by atoms with Crippen molar-refractivity contribution < 1.29 is 4.79 Å². The molecule has 6 nitrogen and oxygen atoms in total. The summed E-state index contributed by atoms with van der Waals surface area (Å²) in [6.07, 6.45) is 0.988. The molecule has 1 fully saturated rings. The van der Waals surface area contributed by atoms with Gasteiger partial charge in [-0.3, -0.25) is 4.79 Å². The second-order valence-electron chi connectivity index (χ2n) is 6.82. The maximum atomic E-state index is 11.8. The zero-order chi connectivity index (χ0) is 19.1. The van der Waals surface area contributed by atoms with Crippen LogP contribution in [0.15, 0.2) is 41.4 Å². The highest BCUT2D eigenvalue weighted by atomic mass is 127. The third kappa shape index (κ3) is 7.96. The van der Waals surface area contributed by atoms with Gasteiger partial charge in [-0.05, 0) is 31.5 Å². The summed E-state index contributed by atoms with van der Waals surface area (Å²) >= 11 is 6.10. The van der Waals surface area contributed by atoms with Gasteiger partial charge in [-0.15, -0.1) is 24.0 Å². The number of anilines is 1. The van der Waals surface area contributed by atoms with E-state index in [0.29, 0.717) is 12.5 Å². The Morgan fingerprint density at radius 3 is 2.81 bits per heavy atom. The van der Waals surface area contributed by atoms with Crippen LogP contribution in [-0.4, -0.2) is 63.1 Å². The molecular weight excluding hydrogens is 477 g/mol. The van der Waals surface area contributed by atoms with E-state index in [9.17, 15) is 4.79 Å². The quantitative estimate of drug-likeness (QED) is 0.270.